The minimum atomic E-state index is -0.769. The lowest BCUT2D eigenvalue weighted by Gasteiger charge is -2.16. The Balaban J connectivity index is 1.82. The van der Waals surface area contributed by atoms with Crippen molar-refractivity contribution in [1.82, 2.24) is 5.32 Å². The molecule has 0 aromatic heterocycles. The van der Waals surface area contributed by atoms with E-state index in [1.165, 1.54) is 19.3 Å². The molecule has 3 rings (SSSR count). The summed E-state index contributed by atoms with van der Waals surface area (Å²) in [4.78, 5) is 11.7. The summed E-state index contributed by atoms with van der Waals surface area (Å²) in [6.45, 7) is 0. The van der Waals surface area contributed by atoms with Crippen LogP contribution in [0.2, 0.25) is 0 Å². The Morgan fingerprint density at radius 2 is 2.25 bits per heavy atom. The molecule has 1 heterocycles. The number of rotatable bonds is 1. The summed E-state index contributed by atoms with van der Waals surface area (Å²) in [5, 5.41) is 11.9. The number of amides is 1. The quantitative estimate of drug-likeness (QED) is 0.654. The van der Waals surface area contributed by atoms with E-state index in [1.54, 1.807) is 6.08 Å². The minimum absolute atomic E-state index is 0.0721. The summed E-state index contributed by atoms with van der Waals surface area (Å²) in [7, 11) is 0. The number of hydrogen-bond acceptors (Lipinski definition) is 2. The van der Waals surface area contributed by atoms with Crippen LogP contribution in [0, 0.1) is 17.8 Å². The molecule has 16 heavy (non-hydrogen) atoms. The average molecular weight is 219 g/mol. The summed E-state index contributed by atoms with van der Waals surface area (Å²) in [5.41, 5.74) is 0.812. The number of aliphatic hydroxyl groups excluding tert-OH is 1. The molecule has 3 heteroatoms. The first-order chi connectivity index (χ1) is 7.75. The van der Waals surface area contributed by atoms with Gasteiger partial charge in [-0.25, -0.2) is 0 Å². The highest BCUT2D eigenvalue weighted by Crippen LogP contribution is 2.52. The molecule has 1 aliphatic heterocycles. The molecule has 0 bridgehead atoms. The molecule has 2 N–H and O–H groups in total. The largest absolute Gasteiger partial charge is 0.370 e. The van der Waals surface area contributed by atoms with Crippen molar-refractivity contribution in [2.45, 2.75) is 31.9 Å². The van der Waals surface area contributed by atoms with Gasteiger partial charge in [0.05, 0.1) is 0 Å². The molecular formula is C13H17NO2. The second kappa shape index (κ2) is 3.74. The van der Waals surface area contributed by atoms with Crippen LogP contribution in [0.5, 0.6) is 0 Å². The van der Waals surface area contributed by atoms with Crippen molar-refractivity contribution in [3.05, 3.63) is 23.8 Å². The summed E-state index contributed by atoms with van der Waals surface area (Å²) < 4.78 is 0. The van der Waals surface area contributed by atoms with E-state index < -0.39 is 6.23 Å². The second-order valence-electron chi connectivity index (χ2n) is 5.09. The van der Waals surface area contributed by atoms with E-state index in [1.807, 2.05) is 0 Å². The summed E-state index contributed by atoms with van der Waals surface area (Å²) in [6, 6.07) is 0. The zero-order chi connectivity index (χ0) is 11.1. The van der Waals surface area contributed by atoms with Crippen molar-refractivity contribution < 1.29 is 9.90 Å². The predicted molar refractivity (Wildman–Crippen MR) is 60.3 cm³/mol. The van der Waals surface area contributed by atoms with E-state index in [9.17, 15) is 9.90 Å². The molecule has 4 atom stereocenters. The molecule has 86 valence electrons. The van der Waals surface area contributed by atoms with Gasteiger partial charge in [0.1, 0.15) is 6.23 Å². The van der Waals surface area contributed by atoms with Crippen LogP contribution >= 0.6 is 0 Å². The van der Waals surface area contributed by atoms with Crippen molar-refractivity contribution in [2.75, 3.05) is 0 Å². The van der Waals surface area contributed by atoms with Crippen LogP contribution in [0.1, 0.15) is 25.7 Å². The molecule has 1 amide bonds. The fourth-order valence-electron chi connectivity index (χ4n) is 3.10. The Kier molecular flexibility index (Phi) is 2.36. The van der Waals surface area contributed by atoms with Gasteiger partial charge in [-0.3, -0.25) is 4.79 Å². The van der Waals surface area contributed by atoms with Gasteiger partial charge in [-0.15, -0.1) is 0 Å². The highest BCUT2D eigenvalue weighted by Gasteiger charge is 2.45. The number of aliphatic hydroxyl groups is 1. The van der Waals surface area contributed by atoms with Crippen LogP contribution in [0.4, 0.5) is 0 Å². The maximum Gasteiger partial charge on any atom is 0.249 e. The molecule has 1 fully saturated rings. The van der Waals surface area contributed by atoms with E-state index in [4.69, 9.17) is 0 Å². The zero-order valence-electron chi connectivity index (χ0n) is 9.23. The maximum atomic E-state index is 11.7. The third-order valence-electron chi connectivity index (χ3n) is 4.03. The second-order valence-corrected chi connectivity index (χ2v) is 5.09. The lowest BCUT2D eigenvalue weighted by Crippen LogP contribution is -2.28. The lowest BCUT2D eigenvalue weighted by atomic mass is 9.87. The number of hydrogen-bond donors (Lipinski definition) is 2. The number of nitrogens with one attached hydrogen (secondary N) is 1. The van der Waals surface area contributed by atoms with Gasteiger partial charge in [-0.05, 0) is 49.5 Å². The van der Waals surface area contributed by atoms with Crippen molar-refractivity contribution in [2.24, 2.45) is 17.8 Å². The lowest BCUT2D eigenvalue weighted by molar-refractivity contribution is -0.118. The fraction of sp³-hybridized carbons (Fsp3) is 0.615. The summed E-state index contributed by atoms with van der Waals surface area (Å²) in [5.74, 6) is 1.74. The van der Waals surface area contributed by atoms with E-state index in [-0.39, 0.29) is 5.91 Å². The van der Waals surface area contributed by atoms with E-state index in [2.05, 4.69) is 17.5 Å². The minimum Gasteiger partial charge on any atom is -0.370 e. The monoisotopic (exact) mass is 219 g/mol. The van der Waals surface area contributed by atoms with Crippen molar-refractivity contribution in [3.63, 3.8) is 0 Å². The third-order valence-corrected chi connectivity index (χ3v) is 4.03. The average Bonchev–Trinajstić information content (AvgIpc) is 2.86. The van der Waals surface area contributed by atoms with Gasteiger partial charge >= 0.3 is 0 Å². The van der Waals surface area contributed by atoms with Gasteiger partial charge in [-0.2, -0.15) is 0 Å². The number of fused-ring (bicyclic) bond motifs is 1. The van der Waals surface area contributed by atoms with Gasteiger partial charge in [-0.1, -0.05) is 12.2 Å². The van der Waals surface area contributed by atoms with Gasteiger partial charge in [0, 0.05) is 5.57 Å². The first kappa shape index (κ1) is 10.1. The Morgan fingerprint density at radius 3 is 3.00 bits per heavy atom. The Hall–Kier alpha value is -1.09. The normalized spacial score (nSPS) is 43.8. The van der Waals surface area contributed by atoms with Crippen LogP contribution in [0.25, 0.3) is 0 Å². The van der Waals surface area contributed by atoms with Gasteiger partial charge in [0.15, 0.2) is 0 Å². The van der Waals surface area contributed by atoms with E-state index >= 15 is 0 Å². The van der Waals surface area contributed by atoms with Gasteiger partial charge < -0.3 is 10.4 Å². The molecule has 0 aromatic rings. The van der Waals surface area contributed by atoms with Crippen LogP contribution in [-0.4, -0.2) is 17.2 Å². The molecule has 2 unspecified atom stereocenters. The third kappa shape index (κ3) is 1.69. The smallest absolute Gasteiger partial charge is 0.249 e. The molecule has 3 nitrogen and oxygen atoms in total. The SMILES string of the molecule is O=C1NC(O)C=C1C1C/C=C\CC[C@H]2C[C@@H]12. The van der Waals surface area contributed by atoms with E-state index in [0.717, 1.165) is 17.9 Å². The number of allylic oxidation sites excluding steroid dienone is 2. The molecule has 0 radical (unpaired) electrons. The van der Waals surface area contributed by atoms with Crippen LogP contribution in [0.15, 0.2) is 23.8 Å². The summed E-state index contributed by atoms with van der Waals surface area (Å²) >= 11 is 0. The highest BCUT2D eigenvalue weighted by molar-refractivity contribution is 5.96. The predicted octanol–water partition coefficient (Wildman–Crippen LogP) is 1.35. The number of carbonyl (C=O) groups excluding carboxylic acids is 1. The molecule has 2 aliphatic carbocycles. The van der Waals surface area contributed by atoms with Gasteiger partial charge in [0.25, 0.3) is 0 Å². The molecule has 1 saturated carbocycles. The Morgan fingerprint density at radius 1 is 1.38 bits per heavy atom. The Bertz CT molecular complexity index is 372. The molecule has 0 saturated heterocycles. The summed E-state index contributed by atoms with van der Waals surface area (Å²) in [6.07, 6.45) is 9.99. The topological polar surface area (TPSA) is 49.3 Å². The van der Waals surface area contributed by atoms with Gasteiger partial charge in [0.2, 0.25) is 5.91 Å². The molecule has 0 spiro atoms. The molecule has 0 aromatic carbocycles. The Labute approximate surface area is 95.2 Å². The zero-order valence-corrected chi connectivity index (χ0v) is 9.23. The first-order valence-corrected chi connectivity index (χ1v) is 6.11. The number of carbonyl (C=O) groups is 1. The van der Waals surface area contributed by atoms with Crippen LogP contribution in [0.3, 0.4) is 0 Å². The van der Waals surface area contributed by atoms with Crippen molar-refractivity contribution in [3.8, 4) is 0 Å². The standard InChI is InChI=1S/C13H17NO2/c15-12-7-11(13(16)14-12)9-5-3-1-2-4-8-6-10(8)9/h1,3,7-10,12,15H,2,4-6H2,(H,14,16)/b3-1-/t8-,9?,10+,12?/m0/s1. The molecular weight excluding hydrogens is 202 g/mol. The highest BCUT2D eigenvalue weighted by atomic mass is 16.3. The fourth-order valence-corrected chi connectivity index (χ4v) is 3.10. The maximum absolute atomic E-state index is 11.7. The van der Waals surface area contributed by atoms with Crippen molar-refractivity contribution >= 4 is 5.91 Å². The van der Waals surface area contributed by atoms with Crippen LogP contribution in [-0.2, 0) is 4.79 Å². The molecule has 3 aliphatic rings. The first-order valence-electron chi connectivity index (χ1n) is 6.11. The van der Waals surface area contributed by atoms with Crippen molar-refractivity contribution in [1.29, 1.82) is 0 Å². The van der Waals surface area contributed by atoms with Crippen LogP contribution < -0.4 is 5.32 Å². The van der Waals surface area contributed by atoms with E-state index in [0.29, 0.717) is 11.8 Å².